The predicted molar refractivity (Wildman–Crippen MR) is 79.1 cm³/mol. The van der Waals surface area contributed by atoms with Gasteiger partial charge in [-0.2, -0.15) is 9.57 Å². The van der Waals surface area contributed by atoms with Gasteiger partial charge in [0.15, 0.2) is 0 Å². The quantitative estimate of drug-likeness (QED) is 0.772. The summed E-state index contributed by atoms with van der Waals surface area (Å²) < 4.78 is 32.2. The molecule has 0 N–H and O–H groups in total. The molecule has 2 rings (SSSR count). The molecule has 1 aliphatic carbocycles. The molecule has 0 amide bonds. The molecule has 1 fully saturated rings. The Morgan fingerprint density at radius 1 is 1.38 bits per heavy atom. The van der Waals surface area contributed by atoms with Crippen LogP contribution in [0.3, 0.4) is 0 Å². The Kier molecular flexibility index (Phi) is 4.99. The summed E-state index contributed by atoms with van der Waals surface area (Å²) in [7, 11) is -1.99. The largest absolute Gasteiger partial charge is 0.383 e. The highest BCUT2D eigenvalue weighted by molar-refractivity contribution is 7.89. The van der Waals surface area contributed by atoms with E-state index in [1.165, 1.54) is 28.6 Å². The molecule has 1 aliphatic rings. The van der Waals surface area contributed by atoms with Crippen LogP contribution in [0.25, 0.3) is 0 Å². The molecule has 0 aliphatic heterocycles. The standard InChI is InChI=1S/C15H20N2O3S/c1-12(14-5-6-14)17(9-10-20-2)21(18,19)15-7-3-13(11-16)4-8-15/h3-4,7-8,12,14H,5-6,9-10H2,1-2H3. The van der Waals surface area contributed by atoms with E-state index < -0.39 is 10.0 Å². The van der Waals surface area contributed by atoms with Crippen LogP contribution >= 0.6 is 0 Å². The summed E-state index contributed by atoms with van der Waals surface area (Å²) in [5, 5.41) is 8.80. The minimum absolute atomic E-state index is 0.0270. The van der Waals surface area contributed by atoms with Crippen LogP contribution in [0.2, 0.25) is 0 Å². The van der Waals surface area contributed by atoms with Crippen LogP contribution in [0.5, 0.6) is 0 Å². The first-order valence-electron chi connectivity index (χ1n) is 7.01. The van der Waals surface area contributed by atoms with Gasteiger partial charge >= 0.3 is 0 Å². The van der Waals surface area contributed by atoms with Crippen molar-refractivity contribution in [2.75, 3.05) is 20.3 Å². The topological polar surface area (TPSA) is 70.4 Å². The summed E-state index contributed by atoms with van der Waals surface area (Å²) in [6.07, 6.45) is 2.15. The molecular weight excluding hydrogens is 288 g/mol. The van der Waals surface area contributed by atoms with Gasteiger partial charge in [0, 0.05) is 19.7 Å². The monoisotopic (exact) mass is 308 g/mol. The van der Waals surface area contributed by atoms with E-state index in [0.717, 1.165) is 12.8 Å². The Balaban J connectivity index is 2.28. The molecule has 1 saturated carbocycles. The number of ether oxygens (including phenoxy) is 1. The molecule has 0 heterocycles. The van der Waals surface area contributed by atoms with Gasteiger partial charge in [-0.1, -0.05) is 0 Å². The van der Waals surface area contributed by atoms with Crippen molar-refractivity contribution in [1.82, 2.24) is 4.31 Å². The molecule has 0 bridgehead atoms. The molecular formula is C15H20N2O3S. The van der Waals surface area contributed by atoms with E-state index >= 15 is 0 Å². The summed E-state index contributed by atoms with van der Waals surface area (Å²) in [4.78, 5) is 0.227. The maximum Gasteiger partial charge on any atom is 0.243 e. The lowest BCUT2D eigenvalue weighted by molar-refractivity contribution is 0.164. The molecule has 1 atom stereocenters. The highest BCUT2D eigenvalue weighted by Crippen LogP contribution is 2.37. The second kappa shape index (κ2) is 6.56. The van der Waals surface area contributed by atoms with Gasteiger partial charge in [-0.15, -0.1) is 0 Å². The second-order valence-corrected chi connectivity index (χ2v) is 7.21. The molecule has 21 heavy (non-hydrogen) atoms. The number of nitriles is 1. The van der Waals surface area contributed by atoms with Crippen molar-refractivity contribution in [3.63, 3.8) is 0 Å². The lowest BCUT2D eigenvalue weighted by Crippen LogP contribution is -2.41. The number of benzene rings is 1. The normalized spacial score (nSPS) is 16.7. The fraction of sp³-hybridized carbons (Fsp3) is 0.533. The van der Waals surface area contributed by atoms with Crippen LogP contribution in [0.1, 0.15) is 25.3 Å². The van der Waals surface area contributed by atoms with Gasteiger partial charge in [0.05, 0.1) is 23.1 Å². The summed E-state index contributed by atoms with van der Waals surface area (Å²) in [6, 6.07) is 8.01. The molecule has 1 aromatic rings. The molecule has 6 heteroatoms. The third kappa shape index (κ3) is 3.62. The van der Waals surface area contributed by atoms with Crippen molar-refractivity contribution < 1.29 is 13.2 Å². The van der Waals surface area contributed by atoms with Crippen molar-refractivity contribution in [2.24, 2.45) is 5.92 Å². The van der Waals surface area contributed by atoms with Gasteiger partial charge in [-0.3, -0.25) is 0 Å². The van der Waals surface area contributed by atoms with Crippen molar-refractivity contribution in [3.05, 3.63) is 29.8 Å². The summed E-state index contributed by atoms with van der Waals surface area (Å²) in [5.74, 6) is 0.440. The summed E-state index contributed by atoms with van der Waals surface area (Å²) >= 11 is 0. The molecule has 0 spiro atoms. The smallest absolute Gasteiger partial charge is 0.243 e. The van der Waals surface area contributed by atoms with Crippen molar-refractivity contribution in [2.45, 2.75) is 30.7 Å². The summed E-state index contributed by atoms with van der Waals surface area (Å²) in [5.41, 5.74) is 0.452. The minimum atomic E-state index is -3.56. The maximum absolute atomic E-state index is 12.8. The third-order valence-corrected chi connectivity index (χ3v) is 5.86. The van der Waals surface area contributed by atoms with Crippen LogP contribution in [-0.2, 0) is 14.8 Å². The zero-order valence-electron chi connectivity index (χ0n) is 12.3. The van der Waals surface area contributed by atoms with Crippen molar-refractivity contribution in [3.8, 4) is 6.07 Å². The molecule has 0 aromatic heterocycles. The number of hydrogen-bond acceptors (Lipinski definition) is 4. The van der Waals surface area contributed by atoms with Gasteiger partial charge < -0.3 is 4.74 Å². The van der Waals surface area contributed by atoms with Crippen LogP contribution in [-0.4, -0.2) is 39.0 Å². The van der Waals surface area contributed by atoms with E-state index in [1.807, 2.05) is 13.0 Å². The Bertz CT molecular complexity index is 615. The highest BCUT2D eigenvalue weighted by Gasteiger charge is 2.38. The fourth-order valence-electron chi connectivity index (χ4n) is 2.37. The maximum atomic E-state index is 12.8. The first-order valence-corrected chi connectivity index (χ1v) is 8.45. The summed E-state index contributed by atoms with van der Waals surface area (Å²) in [6.45, 7) is 2.66. The number of nitrogens with zero attached hydrogens (tertiary/aromatic N) is 2. The molecule has 114 valence electrons. The minimum Gasteiger partial charge on any atom is -0.383 e. The Morgan fingerprint density at radius 2 is 2.00 bits per heavy atom. The second-order valence-electron chi connectivity index (χ2n) is 5.32. The highest BCUT2D eigenvalue weighted by atomic mass is 32.2. The number of methoxy groups -OCH3 is 1. The number of sulfonamides is 1. The first kappa shape index (κ1) is 16.0. The van der Waals surface area contributed by atoms with E-state index in [-0.39, 0.29) is 10.9 Å². The van der Waals surface area contributed by atoms with Gasteiger partial charge in [0.2, 0.25) is 10.0 Å². The van der Waals surface area contributed by atoms with Crippen LogP contribution in [0, 0.1) is 17.2 Å². The lowest BCUT2D eigenvalue weighted by Gasteiger charge is -2.28. The van der Waals surface area contributed by atoms with Crippen LogP contribution in [0.4, 0.5) is 0 Å². The Hall–Kier alpha value is -1.42. The van der Waals surface area contributed by atoms with E-state index in [9.17, 15) is 8.42 Å². The van der Waals surface area contributed by atoms with Gasteiger partial charge in [-0.25, -0.2) is 8.42 Å². The zero-order valence-corrected chi connectivity index (χ0v) is 13.1. The van der Waals surface area contributed by atoms with Gasteiger partial charge in [-0.05, 0) is 49.9 Å². The zero-order chi connectivity index (χ0) is 15.5. The molecule has 5 nitrogen and oxygen atoms in total. The average molecular weight is 308 g/mol. The molecule has 0 radical (unpaired) electrons. The first-order chi connectivity index (χ1) is 10.0. The lowest BCUT2D eigenvalue weighted by atomic mass is 10.2. The van der Waals surface area contributed by atoms with Crippen LogP contribution in [0.15, 0.2) is 29.2 Å². The van der Waals surface area contributed by atoms with Crippen molar-refractivity contribution in [1.29, 1.82) is 5.26 Å². The predicted octanol–water partition coefficient (Wildman–Crippen LogP) is 1.99. The van der Waals surface area contributed by atoms with E-state index in [4.69, 9.17) is 10.00 Å². The van der Waals surface area contributed by atoms with Gasteiger partial charge in [0.25, 0.3) is 0 Å². The number of hydrogen-bond donors (Lipinski definition) is 0. The average Bonchev–Trinajstić information content (AvgIpc) is 3.32. The molecule has 1 aromatic carbocycles. The molecule has 1 unspecified atom stereocenters. The molecule has 0 saturated heterocycles. The van der Waals surface area contributed by atoms with E-state index in [0.29, 0.717) is 24.6 Å². The Labute approximate surface area is 126 Å². The number of rotatable bonds is 7. The van der Waals surface area contributed by atoms with Crippen molar-refractivity contribution >= 4 is 10.0 Å². The van der Waals surface area contributed by atoms with Crippen LogP contribution < -0.4 is 0 Å². The van der Waals surface area contributed by atoms with E-state index in [2.05, 4.69) is 0 Å². The third-order valence-electron chi connectivity index (χ3n) is 3.86. The SMILES string of the molecule is COCCN(C(C)C1CC1)S(=O)(=O)c1ccc(C#N)cc1. The van der Waals surface area contributed by atoms with E-state index in [1.54, 1.807) is 7.11 Å². The van der Waals surface area contributed by atoms with Gasteiger partial charge in [0.1, 0.15) is 0 Å². The fourth-order valence-corrected chi connectivity index (χ4v) is 4.05. The Morgan fingerprint density at radius 3 is 2.48 bits per heavy atom.